The third-order valence-electron chi connectivity index (χ3n) is 5.58. The summed E-state index contributed by atoms with van der Waals surface area (Å²) in [4.78, 5) is 64.4. The largest absolute Gasteiger partial charge is 0.460 e. The number of carbonyl (C=O) groups excluding carboxylic acids is 5. The smallest absolute Gasteiger partial charge is 0.338 e. The minimum absolute atomic E-state index is 0.0643. The van der Waals surface area contributed by atoms with Crippen LogP contribution in [0.15, 0.2) is 72.8 Å². The summed E-state index contributed by atoms with van der Waals surface area (Å²) < 4.78 is 5.21. The van der Waals surface area contributed by atoms with Crippen molar-refractivity contribution in [3.8, 4) is 0 Å². The lowest BCUT2D eigenvalue weighted by molar-refractivity contribution is 0.0420. The van der Waals surface area contributed by atoms with Crippen molar-refractivity contribution in [1.82, 2.24) is 4.90 Å². The normalized spacial score (nSPS) is 14.5. The molecule has 0 unspecified atom stereocenters. The third-order valence-corrected chi connectivity index (χ3v) is 5.58. The molecular formula is C25H16N2O6. The van der Waals surface area contributed by atoms with Gasteiger partial charge in [0.25, 0.3) is 23.6 Å². The van der Waals surface area contributed by atoms with Crippen LogP contribution in [-0.2, 0) is 4.74 Å². The van der Waals surface area contributed by atoms with Gasteiger partial charge in [-0.3, -0.25) is 24.1 Å². The van der Waals surface area contributed by atoms with E-state index in [1.54, 1.807) is 48.5 Å². The predicted molar refractivity (Wildman–Crippen MR) is 116 cm³/mol. The van der Waals surface area contributed by atoms with E-state index < -0.39 is 29.6 Å². The molecule has 2 aliphatic heterocycles. The van der Waals surface area contributed by atoms with E-state index in [0.29, 0.717) is 27.9 Å². The molecular weight excluding hydrogens is 424 g/mol. The number of hydrogen-bond acceptors (Lipinski definition) is 6. The number of anilines is 1. The van der Waals surface area contributed by atoms with Crippen LogP contribution in [-0.4, -0.2) is 47.6 Å². The first-order chi connectivity index (χ1) is 16.0. The number of carbonyl (C=O) groups is 5. The summed E-state index contributed by atoms with van der Waals surface area (Å²) in [6.45, 7) is -0.227. The Kier molecular flexibility index (Phi) is 4.82. The number of hydrogen-bond donors (Lipinski definition) is 0. The number of fused-ring (bicyclic) bond motifs is 2. The molecule has 0 aromatic heterocycles. The van der Waals surface area contributed by atoms with Gasteiger partial charge < -0.3 is 4.74 Å². The Bertz CT molecular complexity index is 1280. The Morgan fingerprint density at radius 2 is 1.09 bits per heavy atom. The van der Waals surface area contributed by atoms with Crippen LogP contribution in [0.4, 0.5) is 5.69 Å². The maximum Gasteiger partial charge on any atom is 0.338 e. The van der Waals surface area contributed by atoms with Gasteiger partial charge in [-0.15, -0.1) is 0 Å². The summed E-state index contributed by atoms with van der Waals surface area (Å²) in [6, 6.07) is 19.0. The number of ether oxygens (including phenoxy) is 1. The fourth-order valence-corrected chi connectivity index (χ4v) is 3.93. The van der Waals surface area contributed by atoms with Crippen LogP contribution in [0.5, 0.6) is 0 Å². The van der Waals surface area contributed by atoms with Crippen LogP contribution in [0.3, 0.4) is 0 Å². The molecule has 3 aromatic rings. The highest BCUT2D eigenvalue weighted by Gasteiger charge is 2.36. The topological polar surface area (TPSA) is 101 Å². The number of esters is 1. The van der Waals surface area contributed by atoms with Crippen molar-refractivity contribution in [3.63, 3.8) is 0 Å². The molecule has 0 saturated carbocycles. The summed E-state index contributed by atoms with van der Waals surface area (Å²) >= 11 is 0. The Morgan fingerprint density at radius 3 is 1.58 bits per heavy atom. The summed E-state index contributed by atoms with van der Waals surface area (Å²) in [5, 5.41) is 0. The number of imide groups is 2. The molecule has 0 aliphatic carbocycles. The van der Waals surface area contributed by atoms with Crippen molar-refractivity contribution >= 4 is 35.3 Å². The third kappa shape index (κ3) is 3.28. The summed E-state index contributed by atoms with van der Waals surface area (Å²) in [7, 11) is 0. The Labute approximate surface area is 188 Å². The number of nitrogens with zero attached hydrogens (tertiary/aromatic N) is 2. The second-order valence-electron chi connectivity index (χ2n) is 7.48. The molecule has 0 fully saturated rings. The second-order valence-corrected chi connectivity index (χ2v) is 7.48. The zero-order valence-electron chi connectivity index (χ0n) is 17.2. The van der Waals surface area contributed by atoms with Gasteiger partial charge in [0.05, 0.1) is 40.0 Å². The molecule has 0 spiro atoms. The molecule has 0 bridgehead atoms. The summed E-state index contributed by atoms with van der Waals surface area (Å²) in [5.41, 5.74) is 1.87. The van der Waals surface area contributed by atoms with Gasteiger partial charge in [-0.05, 0) is 48.5 Å². The average Bonchev–Trinajstić information content (AvgIpc) is 3.24. The van der Waals surface area contributed by atoms with Crippen molar-refractivity contribution in [2.45, 2.75) is 0 Å². The molecule has 0 N–H and O–H groups in total. The quantitative estimate of drug-likeness (QED) is 0.447. The summed E-state index contributed by atoms with van der Waals surface area (Å²) in [5.74, 6) is -2.34. The van der Waals surface area contributed by atoms with Crippen LogP contribution >= 0.6 is 0 Å². The van der Waals surface area contributed by atoms with Crippen LogP contribution in [0.2, 0.25) is 0 Å². The Morgan fingerprint density at radius 1 is 0.636 bits per heavy atom. The molecule has 2 heterocycles. The van der Waals surface area contributed by atoms with Gasteiger partial charge in [0, 0.05) is 0 Å². The van der Waals surface area contributed by atoms with E-state index >= 15 is 0 Å². The molecule has 0 atom stereocenters. The van der Waals surface area contributed by atoms with Crippen molar-refractivity contribution in [2.24, 2.45) is 0 Å². The zero-order valence-corrected chi connectivity index (χ0v) is 17.2. The van der Waals surface area contributed by atoms with Crippen LogP contribution < -0.4 is 4.90 Å². The van der Waals surface area contributed by atoms with Gasteiger partial charge in [0.15, 0.2) is 0 Å². The molecule has 3 aromatic carbocycles. The summed E-state index contributed by atoms with van der Waals surface area (Å²) in [6.07, 6.45) is 0. The molecule has 0 radical (unpaired) electrons. The highest BCUT2D eigenvalue weighted by atomic mass is 16.5. The molecule has 8 heteroatoms. The first-order valence-corrected chi connectivity index (χ1v) is 10.2. The van der Waals surface area contributed by atoms with Crippen molar-refractivity contribution in [1.29, 1.82) is 0 Å². The predicted octanol–water partition coefficient (Wildman–Crippen LogP) is 2.94. The van der Waals surface area contributed by atoms with E-state index in [0.717, 1.165) is 9.80 Å². The number of rotatable bonds is 5. The molecule has 2 aliphatic rings. The molecule has 4 amide bonds. The Hall–Kier alpha value is -4.59. The molecule has 8 nitrogen and oxygen atoms in total. The fraction of sp³-hybridized carbons (Fsp3) is 0.0800. The number of amides is 4. The van der Waals surface area contributed by atoms with Gasteiger partial charge in [0.2, 0.25) is 0 Å². The van der Waals surface area contributed by atoms with E-state index in [1.165, 1.54) is 24.3 Å². The zero-order chi connectivity index (χ0) is 23.1. The molecule has 162 valence electrons. The van der Waals surface area contributed by atoms with Crippen LogP contribution in [0.1, 0.15) is 51.8 Å². The Balaban J connectivity index is 1.22. The van der Waals surface area contributed by atoms with E-state index in [1.807, 2.05) is 0 Å². The van der Waals surface area contributed by atoms with Gasteiger partial charge >= 0.3 is 5.97 Å². The molecule has 0 saturated heterocycles. The fourth-order valence-electron chi connectivity index (χ4n) is 3.93. The van der Waals surface area contributed by atoms with E-state index in [4.69, 9.17) is 4.74 Å². The van der Waals surface area contributed by atoms with Gasteiger partial charge in [-0.1, -0.05) is 24.3 Å². The maximum atomic E-state index is 12.6. The van der Waals surface area contributed by atoms with E-state index in [9.17, 15) is 24.0 Å². The lowest BCUT2D eigenvalue weighted by Crippen LogP contribution is -2.33. The second kappa shape index (κ2) is 7.83. The highest BCUT2D eigenvalue weighted by molar-refractivity contribution is 6.34. The average molecular weight is 440 g/mol. The monoisotopic (exact) mass is 440 g/mol. The van der Waals surface area contributed by atoms with E-state index in [2.05, 4.69) is 0 Å². The maximum absolute atomic E-state index is 12.6. The van der Waals surface area contributed by atoms with Gasteiger partial charge in [0.1, 0.15) is 6.61 Å². The highest BCUT2D eigenvalue weighted by Crippen LogP contribution is 2.28. The number of benzene rings is 3. The van der Waals surface area contributed by atoms with Crippen LogP contribution in [0, 0.1) is 0 Å². The molecule has 33 heavy (non-hydrogen) atoms. The van der Waals surface area contributed by atoms with Gasteiger partial charge in [-0.25, -0.2) is 9.69 Å². The SMILES string of the molecule is O=C(OCCN1C(=O)c2ccccc2C1=O)c1ccc(N2C(=O)c3ccccc3C2=O)cc1. The minimum Gasteiger partial charge on any atom is -0.460 e. The lowest BCUT2D eigenvalue weighted by atomic mass is 10.1. The molecule has 5 rings (SSSR count). The standard InChI is InChI=1S/C25H16N2O6/c28-21-17-5-1-2-6-18(17)22(29)26(21)13-14-33-25(32)15-9-11-16(12-10-15)27-23(30)19-7-3-4-8-20(19)24(27)31/h1-12H,13-14H2. The van der Waals surface area contributed by atoms with Gasteiger partial charge in [-0.2, -0.15) is 0 Å². The van der Waals surface area contributed by atoms with Crippen molar-refractivity contribution in [2.75, 3.05) is 18.1 Å². The first kappa shape index (κ1) is 20.3. The van der Waals surface area contributed by atoms with Crippen molar-refractivity contribution in [3.05, 3.63) is 101 Å². The first-order valence-electron chi connectivity index (χ1n) is 10.2. The lowest BCUT2D eigenvalue weighted by Gasteiger charge is -2.15. The van der Waals surface area contributed by atoms with Crippen LogP contribution in [0.25, 0.3) is 0 Å². The van der Waals surface area contributed by atoms with Crippen molar-refractivity contribution < 1.29 is 28.7 Å². The van der Waals surface area contributed by atoms with E-state index in [-0.39, 0.29) is 18.7 Å². The minimum atomic E-state index is -0.652.